The summed E-state index contributed by atoms with van der Waals surface area (Å²) in [7, 11) is 0. The molecule has 1 rings (SSSR count). The third kappa shape index (κ3) is 3.08. The Bertz CT molecular complexity index is 289. The number of hydrogen-bond acceptors (Lipinski definition) is 3. The number of aryl methyl sites for hydroxylation is 1. The number of halogens is 1. The van der Waals surface area contributed by atoms with Crippen molar-refractivity contribution in [2.75, 3.05) is 11.9 Å². The summed E-state index contributed by atoms with van der Waals surface area (Å²) in [4.78, 5) is 8.51. The molecule has 0 unspecified atom stereocenters. The maximum atomic E-state index is 4.28. The van der Waals surface area contributed by atoms with Crippen molar-refractivity contribution in [1.29, 1.82) is 0 Å². The van der Waals surface area contributed by atoms with Crippen LogP contribution in [-0.4, -0.2) is 16.5 Å². The number of anilines is 1. The number of nitrogens with zero attached hydrogens (tertiary/aromatic N) is 2. The quantitative estimate of drug-likeness (QED) is 0.850. The van der Waals surface area contributed by atoms with Gasteiger partial charge in [-0.1, -0.05) is 20.3 Å². The lowest BCUT2D eigenvalue weighted by Gasteiger charge is -2.08. The van der Waals surface area contributed by atoms with Crippen molar-refractivity contribution in [3.05, 3.63) is 15.6 Å². The normalized spacial score (nSPS) is 10.2. The predicted molar refractivity (Wildman–Crippen MR) is 67.5 cm³/mol. The van der Waals surface area contributed by atoms with Crippen LogP contribution < -0.4 is 5.32 Å². The summed E-state index contributed by atoms with van der Waals surface area (Å²) in [6, 6.07) is 0. The van der Waals surface area contributed by atoms with Crippen LogP contribution in [0.3, 0.4) is 0 Å². The third-order valence-electron chi connectivity index (χ3n) is 1.89. The average molecular weight is 305 g/mol. The second-order valence-corrected chi connectivity index (χ2v) is 4.24. The molecule has 1 heterocycles. The van der Waals surface area contributed by atoms with Crippen LogP contribution in [0, 0.1) is 3.57 Å². The topological polar surface area (TPSA) is 37.8 Å². The Morgan fingerprint density at radius 1 is 1.29 bits per heavy atom. The van der Waals surface area contributed by atoms with Crippen LogP contribution in [0.4, 0.5) is 5.82 Å². The van der Waals surface area contributed by atoms with E-state index in [1.165, 1.54) is 3.57 Å². The highest BCUT2D eigenvalue weighted by atomic mass is 127. The van der Waals surface area contributed by atoms with E-state index in [-0.39, 0.29) is 0 Å². The molecule has 78 valence electrons. The van der Waals surface area contributed by atoms with Gasteiger partial charge in [-0.2, -0.15) is 0 Å². The molecule has 1 aromatic heterocycles. The van der Waals surface area contributed by atoms with Crippen molar-refractivity contribution in [3.63, 3.8) is 0 Å². The maximum absolute atomic E-state index is 4.28. The summed E-state index contributed by atoms with van der Waals surface area (Å²) in [5.41, 5.74) is 1.15. The summed E-state index contributed by atoms with van der Waals surface area (Å²) in [5.74, 6) is 0.978. The van der Waals surface area contributed by atoms with Gasteiger partial charge in [-0.05, 0) is 35.4 Å². The van der Waals surface area contributed by atoms with Crippen molar-refractivity contribution < 1.29 is 0 Å². The van der Waals surface area contributed by atoms with Gasteiger partial charge in [0, 0.05) is 6.54 Å². The Kier molecular flexibility index (Phi) is 5.14. The molecule has 3 nitrogen and oxygen atoms in total. The van der Waals surface area contributed by atoms with Crippen molar-refractivity contribution in [3.8, 4) is 0 Å². The van der Waals surface area contributed by atoms with Gasteiger partial charge in [0.15, 0.2) is 0 Å². The molecule has 4 heteroatoms. The van der Waals surface area contributed by atoms with Crippen LogP contribution in [0.5, 0.6) is 0 Å². The Labute approximate surface area is 98.9 Å². The molecular formula is C10H16IN3. The maximum Gasteiger partial charge on any atom is 0.143 e. The Morgan fingerprint density at radius 3 is 2.71 bits per heavy atom. The minimum atomic E-state index is 0.971. The summed E-state index contributed by atoms with van der Waals surface area (Å²) in [6.45, 7) is 5.28. The molecule has 14 heavy (non-hydrogen) atoms. The van der Waals surface area contributed by atoms with Gasteiger partial charge in [-0.25, -0.2) is 9.97 Å². The molecule has 1 aromatic rings. The summed E-state index contributed by atoms with van der Waals surface area (Å²) in [6.07, 6.45) is 4.91. The van der Waals surface area contributed by atoms with Crippen molar-refractivity contribution in [1.82, 2.24) is 9.97 Å². The van der Waals surface area contributed by atoms with Crippen LogP contribution in [0.2, 0.25) is 0 Å². The fraction of sp³-hybridized carbons (Fsp3) is 0.600. The number of hydrogen-bond donors (Lipinski definition) is 1. The van der Waals surface area contributed by atoms with Crippen LogP contribution in [0.1, 0.15) is 32.4 Å². The Morgan fingerprint density at radius 2 is 2.07 bits per heavy atom. The molecule has 0 fully saturated rings. The molecule has 0 aliphatic rings. The first-order valence-electron chi connectivity index (χ1n) is 5.02. The van der Waals surface area contributed by atoms with Gasteiger partial charge >= 0.3 is 0 Å². The third-order valence-corrected chi connectivity index (χ3v) is 3.02. The second-order valence-electron chi connectivity index (χ2n) is 3.16. The zero-order chi connectivity index (χ0) is 10.4. The molecule has 0 amide bonds. The molecule has 0 radical (unpaired) electrons. The van der Waals surface area contributed by atoms with Gasteiger partial charge in [0.1, 0.15) is 12.1 Å². The highest BCUT2D eigenvalue weighted by molar-refractivity contribution is 14.1. The van der Waals surface area contributed by atoms with Crippen LogP contribution in [-0.2, 0) is 6.42 Å². The van der Waals surface area contributed by atoms with Crippen molar-refractivity contribution >= 4 is 28.4 Å². The van der Waals surface area contributed by atoms with Gasteiger partial charge < -0.3 is 5.32 Å². The molecule has 0 saturated heterocycles. The van der Waals surface area contributed by atoms with E-state index < -0.39 is 0 Å². The monoisotopic (exact) mass is 305 g/mol. The van der Waals surface area contributed by atoms with Gasteiger partial charge in [-0.15, -0.1) is 0 Å². The van der Waals surface area contributed by atoms with E-state index in [9.17, 15) is 0 Å². The van der Waals surface area contributed by atoms with E-state index in [2.05, 4.69) is 51.7 Å². The van der Waals surface area contributed by atoms with Gasteiger partial charge in [0.25, 0.3) is 0 Å². The fourth-order valence-corrected chi connectivity index (χ4v) is 1.92. The summed E-state index contributed by atoms with van der Waals surface area (Å²) >= 11 is 2.32. The first-order valence-corrected chi connectivity index (χ1v) is 6.10. The smallest absolute Gasteiger partial charge is 0.143 e. The van der Waals surface area contributed by atoms with Crippen molar-refractivity contribution in [2.24, 2.45) is 0 Å². The van der Waals surface area contributed by atoms with Crippen LogP contribution in [0.25, 0.3) is 0 Å². The van der Waals surface area contributed by atoms with E-state index in [1.807, 2.05) is 0 Å². The molecular weight excluding hydrogens is 289 g/mol. The van der Waals surface area contributed by atoms with Crippen LogP contribution in [0.15, 0.2) is 6.33 Å². The largest absolute Gasteiger partial charge is 0.369 e. The fourth-order valence-electron chi connectivity index (χ4n) is 1.18. The zero-order valence-electron chi connectivity index (χ0n) is 8.68. The minimum Gasteiger partial charge on any atom is -0.369 e. The van der Waals surface area contributed by atoms with Crippen molar-refractivity contribution in [2.45, 2.75) is 33.1 Å². The molecule has 1 N–H and O–H groups in total. The zero-order valence-corrected chi connectivity index (χ0v) is 10.8. The summed E-state index contributed by atoms with van der Waals surface area (Å²) < 4.78 is 1.17. The first kappa shape index (κ1) is 11.7. The second kappa shape index (κ2) is 6.16. The van der Waals surface area contributed by atoms with E-state index in [0.29, 0.717) is 0 Å². The predicted octanol–water partition coefficient (Wildman–Crippen LogP) is 2.86. The number of nitrogens with one attached hydrogen (secondary N) is 1. The SMILES string of the molecule is CCCNc1ncnc(CCC)c1I. The van der Waals surface area contributed by atoms with E-state index >= 15 is 0 Å². The van der Waals surface area contributed by atoms with E-state index in [0.717, 1.165) is 37.3 Å². The highest BCUT2D eigenvalue weighted by Gasteiger charge is 2.06. The molecule has 0 aliphatic carbocycles. The summed E-state index contributed by atoms with van der Waals surface area (Å²) in [5, 5.41) is 3.30. The highest BCUT2D eigenvalue weighted by Crippen LogP contribution is 2.18. The Hall–Kier alpha value is -0.390. The van der Waals surface area contributed by atoms with Gasteiger partial charge in [0.2, 0.25) is 0 Å². The van der Waals surface area contributed by atoms with Crippen LogP contribution >= 0.6 is 22.6 Å². The standard InChI is InChI=1S/C10H16IN3/c1-3-5-8-9(11)10(12-6-4-2)14-7-13-8/h7H,3-6H2,1-2H3,(H,12,13,14). The molecule has 0 spiro atoms. The van der Waals surface area contributed by atoms with Gasteiger partial charge in [0.05, 0.1) is 9.26 Å². The minimum absolute atomic E-state index is 0.971. The molecule has 0 saturated carbocycles. The molecule has 0 aromatic carbocycles. The van der Waals surface area contributed by atoms with E-state index in [1.54, 1.807) is 6.33 Å². The number of rotatable bonds is 5. The lowest BCUT2D eigenvalue weighted by atomic mass is 10.2. The van der Waals surface area contributed by atoms with E-state index in [4.69, 9.17) is 0 Å². The number of aromatic nitrogens is 2. The lowest BCUT2D eigenvalue weighted by Crippen LogP contribution is -2.07. The molecule has 0 bridgehead atoms. The molecule has 0 aliphatic heterocycles. The Balaban J connectivity index is 2.78. The van der Waals surface area contributed by atoms with Gasteiger partial charge in [-0.3, -0.25) is 0 Å². The lowest BCUT2D eigenvalue weighted by molar-refractivity contribution is 0.860. The molecule has 0 atom stereocenters. The average Bonchev–Trinajstić information content (AvgIpc) is 2.20. The first-order chi connectivity index (χ1) is 6.79.